The monoisotopic (exact) mass is 354 g/mol. The quantitative estimate of drug-likeness (QED) is 0.871. The van der Waals surface area contributed by atoms with Crippen LogP contribution in [0.3, 0.4) is 0 Å². The number of nitrogens with one attached hydrogen (secondary N) is 1. The molecule has 0 spiro atoms. The fraction of sp³-hybridized carbons (Fsp3) is 0.333. The third-order valence-corrected chi connectivity index (χ3v) is 6.47. The Hall–Kier alpha value is -1.08. The normalized spacial score (nSPS) is 23.6. The molecule has 1 aliphatic rings. The van der Waals surface area contributed by atoms with Gasteiger partial charge >= 0.3 is 5.97 Å². The van der Waals surface area contributed by atoms with E-state index in [0.717, 1.165) is 15.4 Å². The molecule has 7 heteroatoms. The van der Waals surface area contributed by atoms with Crippen molar-refractivity contribution < 1.29 is 9.90 Å². The summed E-state index contributed by atoms with van der Waals surface area (Å²) in [6.07, 6.45) is 1.81. The van der Waals surface area contributed by atoms with Crippen LogP contribution < -0.4 is 5.32 Å². The summed E-state index contributed by atoms with van der Waals surface area (Å²) < 4.78 is -0.377. The number of thioether (sulfide) groups is 1. The highest BCUT2D eigenvalue weighted by Crippen LogP contribution is 2.47. The Kier molecular flexibility index (Phi) is 4.20. The SMILES string of the molecule is CC1(C)SC(c2ncc(-c3cccc(Cl)c3)s2)NC1C(=O)O. The van der Waals surface area contributed by atoms with Gasteiger partial charge in [0.2, 0.25) is 0 Å². The van der Waals surface area contributed by atoms with E-state index < -0.39 is 12.0 Å². The minimum Gasteiger partial charge on any atom is -0.480 e. The van der Waals surface area contributed by atoms with Crippen LogP contribution in [0.15, 0.2) is 30.5 Å². The van der Waals surface area contributed by atoms with E-state index in [1.807, 2.05) is 44.3 Å². The van der Waals surface area contributed by atoms with E-state index in [0.29, 0.717) is 5.02 Å². The molecular formula is C15H15ClN2O2S2. The van der Waals surface area contributed by atoms with E-state index >= 15 is 0 Å². The van der Waals surface area contributed by atoms with Crippen molar-refractivity contribution in [2.45, 2.75) is 30.0 Å². The predicted octanol–water partition coefficient (Wildman–Crippen LogP) is 4.03. The number of aromatic nitrogens is 1. The molecule has 0 saturated carbocycles. The molecule has 1 aromatic carbocycles. The van der Waals surface area contributed by atoms with Crippen LogP contribution in [0, 0.1) is 0 Å². The summed E-state index contributed by atoms with van der Waals surface area (Å²) in [7, 11) is 0. The van der Waals surface area contributed by atoms with Gasteiger partial charge < -0.3 is 5.11 Å². The predicted molar refractivity (Wildman–Crippen MR) is 91.5 cm³/mol. The van der Waals surface area contributed by atoms with Crippen molar-refractivity contribution in [1.29, 1.82) is 0 Å². The maximum absolute atomic E-state index is 11.4. The zero-order valence-corrected chi connectivity index (χ0v) is 14.4. The second-order valence-corrected chi connectivity index (χ2v) is 8.87. The molecule has 1 aliphatic heterocycles. The molecule has 0 radical (unpaired) electrons. The van der Waals surface area contributed by atoms with Crippen molar-refractivity contribution in [3.63, 3.8) is 0 Å². The van der Waals surface area contributed by atoms with Gasteiger partial charge in [-0.1, -0.05) is 23.7 Å². The number of hydrogen-bond donors (Lipinski definition) is 2. The third-order valence-electron chi connectivity index (χ3n) is 3.54. The van der Waals surface area contributed by atoms with Crippen molar-refractivity contribution in [2.75, 3.05) is 0 Å². The number of rotatable bonds is 3. The van der Waals surface area contributed by atoms with Gasteiger partial charge in [-0.2, -0.15) is 0 Å². The molecule has 2 unspecified atom stereocenters. The lowest BCUT2D eigenvalue weighted by Crippen LogP contribution is -2.43. The van der Waals surface area contributed by atoms with E-state index in [-0.39, 0.29) is 10.1 Å². The van der Waals surface area contributed by atoms with Gasteiger partial charge in [-0.15, -0.1) is 23.1 Å². The van der Waals surface area contributed by atoms with Gasteiger partial charge in [0.25, 0.3) is 0 Å². The average Bonchev–Trinajstić information content (AvgIpc) is 3.02. The van der Waals surface area contributed by atoms with Crippen LogP contribution >= 0.6 is 34.7 Å². The molecule has 116 valence electrons. The second kappa shape index (κ2) is 5.85. The molecule has 1 aromatic heterocycles. The minimum atomic E-state index is -0.827. The number of nitrogens with zero attached hydrogens (tertiary/aromatic N) is 1. The van der Waals surface area contributed by atoms with Crippen LogP contribution in [0.2, 0.25) is 5.02 Å². The Morgan fingerprint density at radius 2 is 2.23 bits per heavy atom. The van der Waals surface area contributed by atoms with Gasteiger partial charge in [0.15, 0.2) is 0 Å². The molecule has 22 heavy (non-hydrogen) atoms. The van der Waals surface area contributed by atoms with Crippen LogP contribution in [0.4, 0.5) is 0 Å². The molecule has 2 N–H and O–H groups in total. The molecule has 1 saturated heterocycles. The Bertz CT molecular complexity index is 717. The molecule has 0 bridgehead atoms. The van der Waals surface area contributed by atoms with Crippen molar-refractivity contribution in [1.82, 2.24) is 10.3 Å². The summed E-state index contributed by atoms with van der Waals surface area (Å²) in [5, 5.41) is 13.9. The first-order valence-corrected chi connectivity index (χ1v) is 8.82. The highest BCUT2D eigenvalue weighted by atomic mass is 35.5. The first kappa shape index (κ1) is 15.8. The Labute approximate surface area is 141 Å². The lowest BCUT2D eigenvalue weighted by molar-refractivity contribution is -0.139. The topological polar surface area (TPSA) is 62.2 Å². The summed E-state index contributed by atoms with van der Waals surface area (Å²) in [6.45, 7) is 3.88. The van der Waals surface area contributed by atoms with Crippen molar-refractivity contribution >= 4 is 40.7 Å². The number of halogens is 1. The number of carboxylic acids is 1. The number of thiazole rings is 1. The maximum atomic E-state index is 11.4. The van der Waals surface area contributed by atoms with Crippen LogP contribution in [0.1, 0.15) is 24.2 Å². The minimum absolute atomic E-state index is 0.103. The maximum Gasteiger partial charge on any atom is 0.322 e. The molecule has 3 rings (SSSR count). The zero-order valence-electron chi connectivity index (χ0n) is 12.0. The molecular weight excluding hydrogens is 340 g/mol. The summed E-state index contributed by atoms with van der Waals surface area (Å²) in [6, 6.07) is 7.05. The number of benzene rings is 1. The van der Waals surface area contributed by atoms with Gasteiger partial charge in [0.05, 0.1) is 4.88 Å². The molecule has 2 aromatic rings. The third kappa shape index (κ3) is 3.01. The highest BCUT2D eigenvalue weighted by Gasteiger charge is 2.46. The smallest absolute Gasteiger partial charge is 0.322 e. The molecule has 4 nitrogen and oxygen atoms in total. The summed E-state index contributed by atoms with van der Waals surface area (Å²) >= 11 is 9.18. The zero-order chi connectivity index (χ0) is 15.9. The van der Waals surface area contributed by atoms with E-state index in [1.165, 1.54) is 0 Å². The summed E-state index contributed by atoms with van der Waals surface area (Å²) in [5.41, 5.74) is 1.02. The van der Waals surface area contributed by atoms with Crippen LogP contribution in [0.25, 0.3) is 10.4 Å². The summed E-state index contributed by atoms with van der Waals surface area (Å²) in [4.78, 5) is 16.8. The summed E-state index contributed by atoms with van der Waals surface area (Å²) in [5.74, 6) is -0.827. The average molecular weight is 355 g/mol. The van der Waals surface area contributed by atoms with Gasteiger partial charge in [-0.25, -0.2) is 4.98 Å². The van der Waals surface area contributed by atoms with Crippen molar-refractivity contribution in [2.24, 2.45) is 0 Å². The number of hydrogen-bond acceptors (Lipinski definition) is 5. The molecule has 2 heterocycles. The van der Waals surface area contributed by atoms with E-state index in [2.05, 4.69) is 10.3 Å². The van der Waals surface area contributed by atoms with Crippen LogP contribution in [0.5, 0.6) is 0 Å². The number of carboxylic acid groups (broad SMARTS) is 1. The Morgan fingerprint density at radius 1 is 1.45 bits per heavy atom. The van der Waals surface area contributed by atoms with Gasteiger partial charge in [-0.3, -0.25) is 10.1 Å². The standard InChI is InChI=1S/C15H15ClN2O2S2/c1-15(2)11(14(19)20)18-13(22-15)12-17-7-10(21-12)8-4-3-5-9(16)6-8/h3-7,11,13,18H,1-2H3,(H,19,20). The number of carbonyl (C=O) groups is 1. The first-order valence-electron chi connectivity index (χ1n) is 6.75. The second-order valence-electron chi connectivity index (χ2n) is 5.61. The van der Waals surface area contributed by atoms with Crippen LogP contribution in [-0.4, -0.2) is 26.8 Å². The first-order chi connectivity index (χ1) is 10.4. The molecule has 0 aliphatic carbocycles. The highest BCUT2D eigenvalue weighted by molar-refractivity contribution is 8.01. The molecule has 0 amide bonds. The Morgan fingerprint density at radius 3 is 2.86 bits per heavy atom. The van der Waals surface area contributed by atoms with E-state index in [1.54, 1.807) is 23.1 Å². The van der Waals surface area contributed by atoms with Crippen molar-refractivity contribution in [3.8, 4) is 10.4 Å². The van der Waals surface area contributed by atoms with E-state index in [4.69, 9.17) is 11.6 Å². The largest absolute Gasteiger partial charge is 0.480 e. The Balaban J connectivity index is 1.85. The van der Waals surface area contributed by atoms with Crippen molar-refractivity contribution in [3.05, 3.63) is 40.5 Å². The lowest BCUT2D eigenvalue weighted by Gasteiger charge is -2.20. The number of aliphatic carboxylic acids is 1. The van der Waals surface area contributed by atoms with Gasteiger partial charge in [0.1, 0.15) is 16.4 Å². The van der Waals surface area contributed by atoms with Crippen LogP contribution in [-0.2, 0) is 4.79 Å². The molecule has 2 atom stereocenters. The molecule has 1 fully saturated rings. The lowest BCUT2D eigenvalue weighted by atomic mass is 10.0. The van der Waals surface area contributed by atoms with Gasteiger partial charge in [-0.05, 0) is 31.5 Å². The fourth-order valence-electron chi connectivity index (χ4n) is 2.43. The van der Waals surface area contributed by atoms with Gasteiger partial charge in [0, 0.05) is 16.0 Å². The van der Waals surface area contributed by atoms with E-state index in [9.17, 15) is 9.90 Å². The fourth-order valence-corrected chi connectivity index (χ4v) is 5.05.